The lowest BCUT2D eigenvalue weighted by Crippen LogP contribution is -2.31. The molecule has 1 heterocycles. The van der Waals surface area contributed by atoms with Gasteiger partial charge in [-0.3, -0.25) is 0 Å². The Balaban J connectivity index is 1.80. The first-order valence-electron chi connectivity index (χ1n) is 10.5. The number of fused-ring (bicyclic) bond motifs is 1. The first-order valence-corrected chi connectivity index (χ1v) is 10.5. The summed E-state index contributed by atoms with van der Waals surface area (Å²) in [6.45, 7) is 0. The van der Waals surface area contributed by atoms with Crippen molar-refractivity contribution in [2.45, 2.75) is 25.0 Å². The lowest BCUT2D eigenvalue weighted by molar-refractivity contribution is 0.0190. The van der Waals surface area contributed by atoms with Crippen molar-refractivity contribution in [2.24, 2.45) is 0 Å². The van der Waals surface area contributed by atoms with Crippen molar-refractivity contribution in [3.8, 4) is 28.7 Å². The second-order valence-corrected chi connectivity index (χ2v) is 7.65. The van der Waals surface area contributed by atoms with Crippen LogP contribution in [0.4, 0.5) is 0 Å². The van der Waals surface area contributed by atoms with Crippen LogP contribution >= 0.6 is 0 Å². The minimum atomic E-state index is -0.757. The van der Waals surface area contributed by atoms with E-state index in [1.54, 1.807) is 28.4 Å². The monoisotopic (exact) mass is 436 g/mol. The van der Waals surface area contributed by atoms with E-state index >= 15 is 0 Å². The zero-order valence-corrected chi connectivity index (χ0v) is 18.8. The average Bonchev–Trinajstić information content (AvgIpc) is 2.84. The summed E-state index contributed by atoms with van der Waals surface area (Å²) >= 11 is 0. The first kappa shape index (κ1) is 21.8. The lowest BCUT2D eigenvalue weighted by atomic mass is 9.90. The Kier molecular flexibility index (Phi) is 6.42. The smallest absolute Gasteiger partial charge is 0.161 e. The van der Waals surface area contributed by atoms with Crippen LogP contribution in [0.5, 0.6) is 28.7 Å². The average molecular weight is 437 g/mol. The van der Waals surface area contributed by atoms with Gasteiger partial charge in [0.1, 0.15) is 23.4 Å². The molecular weight excluding hydrogens is 408 g/mol. The molecule has 0 bridgehead atoms. The van der Waals surface area contributed by atoms with E-state index in [9.17, 15) is 5.11 Å². The fourth-order valence-electron chi connectivity index (χ4n) is 4.21. The van der Waals surface area contributed by atoms with Crippen molar-refractivity contribution < 1.29 is 28.8 Å². The van der Waals surface area contributed by atoms with E-state index in [0.717, 1.165) is 22.3 Å². The van der Waals surface area contributed by atoms with Crippen molar-refractivity contribution >= 4 is 0 Å². The summed E-state index contributed by atoms with van der Waals surface area (Å²) in [5.74, 6) is 3.22. The maximum absolute atomic E-state index is 11.0. The van der Waals surface area contributed by atoms with Gasteiger partial charge in [0.15, 0.2) is 11.5 Å². The second kappa shape index (κ2) is 9.40. The summed E-state index contributed by atoms with van der Waals surface area (Å²) in [6, 6.07) is 17.5. The van der Waals surface area contributed by atoms with Gasteiger partial charge in [0, 0.05) is 30.0 Å². The normalized spacial score (nSPS) is 17.2. The standard InChI is InChI=1S/C26H28O6/c1-28-21-11-10-17(13-24(21)31-4)25-20(27)14-19-23(30-3)15-22(29-2)18(26(19)32-25)12-16-8-6-5-7-9-16/h5-11,13,15,20,25,27H,12,14H2,1-4H3/t20-,25+/m0/s1. The van der Waals surface area contributed by atoms with Crippen LogP contribution in [0.2, 0.25) is 0 Å². The van der Waals surface area contributed by atoms with Crippen molar-refractivity contribution in [1.29, 1.82) is 0 Å². The topological polar surface area (TPSA) is 66.4 Å². The number of ether oxygens (including phenoxy) is 5. The highest BCUT2D eigenvalue weighted by Gasteiger charge is 2.35. The number of methoxy groups -OCH3 is 4. The molecule has 0 amide bonds. The third kappa shape index (κ3) is 4.06. The van der Waals surface area contributed by atoms with Crippen molar-refractivity contribution in [3.63, 3.8) is 0 Å². The first-order chi connectivity index (χ1) is 15.6. The van der Waals surface area contributed by atoms with E-state index in [-0.39, 0.29) is 0 Å². The van der Waals surface area contributed by atoms with Crippen LogP contribution in [0.3, 0.4) is 0 Å². The van der Waals surface area contributed by atoms with Gasteiger partial charge in [-0.05, 0) is 23.3 Å². The number of aliphatic hydroxyl groups excluding tert-OH is 1. The van der Waals surface area contributed by atoms with Gasteiger partial charge in [-0.25, -0.2) is 0 Å². The van der Waals surface area contributed by atoms with Gasteiger partial charge in [-0.1, -0.05) is 36.4 Å². The molecule has 0 saturated carbocycles. The van der Waals surface area contributed by atoms with Crippen LogP contribution in [0.15, 0.2) is 54.6 Å². The minimum Gasteiger partial charge on any atom is -0.496 e. The quantitative estimate of drug-likeness (QED) is 0.594. The molecule has 0 unspecified atom stereocenters. The van der Waals surface area contributed by atoms with E-state index in [2.05, 4.69) is 12.1 Å². The number of hydrogen-bond acceptors (Lipinski definition) is 6. The Bertz CT molecular complexity index is 1080. The highest BCUT2D eigenvalue weighted by atomic mass is 16.5. The maximum Gasteiger partial charge on any atom is 0.161 e. The van der Waals surface area contributed by atoms with E-state index in [1.807, 2.05) is 42.5 Å². The van der Waals surface area contributed by atoms with E-state index in [0.29, 0.717) is 41.6 Å². The van der Waals surface area contributed by atoms with E-state index < -0.39 is 12.2 Å². The molecule has 168 valence electrons. The van der Waals surface area contributed by atoms with Gasteiger partial charge in [-0.15, -0.1) is 0 Å². The third-order valence-electron chi connectivity index (χ3n) is 5.81. The largest absolute Gasteiger partial charge is 0.496 e. The van der Waals surface area contributed by atoms with Gasteiger partial charge in [-0.2, -0.15) is 0 Å². The highest BCUT2D eigenvalue weighted by Crippen LogP contribution is 2.47. The number of hydrogen-bond donors (Lipinski definition) is 1. The molecule has 0 aliphatic carbocycles. The summed E-state index contributed by atoms with van der Waals surface area (Å²) in [5, 5.41) is 11.0. The van der Waals surface area contributed by atoms with Gasteiger partial charge < -0.3 is 28.8 Å². The molecular formula is C26H28O6. The van der Waals surface area contributed by atoms with Crippen LogP contribution in [0, 0.1) is 0 Å². The van der Waals surface area contributed by atoms with Crippen LogP contribution in [0.25, 0.3) is 0 Å². The predicted molar refractivity (Wildman–Crippen MR) is 121 cm³/mol. The SMILES string of the molecule is COc1ccc([C@H]2Oc3c(Cc4ccccc4)c(OC)cc(OC)c3C[C@@H]2O)cc1OC. The van der Waals surface area contributed by atoms with Crippen molar-refractivity contribution in [2.75, 3.05) is 28.4 Å². The lowest BCUT2D eigenvalue weighted by Gasteiger charge is -2.34. The molecule has 6 nitrogen and oxygen atoms in total. The molecule has 3 aromatic rings. The number of rotatable bonds is 7. The summed E-state index contributed by atoms with van der Waals surface area (Å²) in [6.07, 6.45) is -0.310. The van der Waals surface area contributed by atoms with Crippen molar-refractivity contribution in [1.82, 2.24) is 0 Å². The second-order valence-electron chi connectivity index (χ2n) is 7.65. The molecule has 0 fully saturated rings. The Morgan fingerprint density at radius 1 is 0.812 bits per heavy atom. The molecule has 0 aromatic heterocycles. The predicted octanol–water partition coefficient (Wildman–Crippen LogP) is 4.35. The molecule has 0 saturated heterocycles. The Hall–Kier alpha value is -3.38. The molecule has 2 atom stereocenters. The summed E-state index contributed by atoms with van der Waals surface area (Å²) in [5.41, 5.74) is 3.69. The van der Waals surface area contributed by atoms with Crippen LogP contribution in [0.1, 0.15) is 28.4 Å². The molecule has 32 heavy (non-hydrogen) atoms. The van der Waals surface area contributed by atoms with Gasteiger partial charge in [0.25, 0.3) is 0 Å². The molecule has 3 aromatic carbocycles. The highest BCUT2D eigenvalue weighted by molar-refractivity contribution is 5.60. The zero-order chi connectivity index (χ0) is 22.7. The van der Waals surface area contributed by atoms with Crippen LogP contribution in [-0.4, -0.2) is 39.6 Å². The third-order valence-corrected chi connectivity index (χ3v) is 5.81. The van der Waals surface area contributed by atoms with E-state index in [4.69, 9.17) is 23.7 Å². The molecule has 1 N–H and O–H groups in total. The minimum absolute atomic E-state index is 0.392. The van der Waals surface area contributed by atoms with E-state index in [1.165, 1.54) is 0 Å². The molecule has 1 aliphatic heterocycles. The van der Waals surface area contributed by atoms with Gasteiger partial charge in [0.2, 0.25) is 0 Å². The molecule has 1 aliphatic rings. The molecule has 4 rings (SSSR count). The Morgan fingerprint density at radius 3 is 2.16 bits per heavy atom. The number of benzene rings is 3. The maximum atomic E-state index is 11.0. The van der Waals surface area contributed by atoms with Gasteiger partial charge >= 0.3 is 0 Å². The summed E-state index contributed by atoms with van der Waals surface area (Å²) in [7, 11) is 6.43. The molecule has 6 heteroatoms. The van der Waals surface area contributed by atoms with Gasteiger partial charge in [0.05, 0.1) is 34.5 Å². The Labute approximate surface area is 188 Å². The van der Waals surface area contributed by atoms with Crippen LogP contribution in [-0.2, 0) is 12.8 Å². The number of aliphatic hydroxyl groups is 1. The fourth-order valence-corrected chi connectivity index (χ4v) is 4.21. The fraction of sp³-hybridized carbons (Fsp3) is 0.308. The molecule has 0 spiro atoms. The summed E-state index contributed by atoms with van der Waals surface area (Å²) < 4.78 is 28.6. The van der Waals surface area contributed by atoms with Crippen molar-refractivity contribution in [3.05, 3.63) is 76.9 Å². The van der Waals surface area contributed by atoms with Crippen LogP contribution < -0.4 is 23.7 Å². The zero-order valence-electron chi connectivity index (χ0n) is 18.8. The Morgan fingerprint density at radius 2 is 1.50 bits per heavy atom. The summed E-state index contributed by atoms with van der Waals surface area (Å²) in [4.78, 5) is 0. The molecule has 0 radical (unpaired) electrons.